The number of fused-ring (bicyclic) bond motifs is 1. The molecule has 0 aromatic heterocycles. The van der Waals surface area contributed by atoms with Crippen LogP contribution in [0, 0.1) is 0 Å². The number of piperidine rings is 1. The highest BCUT2D eigenvalue weighted by molar-refractivity contribution is 5.91. The highest BCUT2D eigenvalue weighted by atomic mass is 16.2. The van der Waals surface area contributed by atoms with Gasteiger partial charge in [0.1, 0.15) is 6.04 Å². The molecule has 3 atom stereocenters. The van der Waals surface area contributed by atoms with Gasteiger partial charge in [0.25, 0.3) is 0 Å². The van der Waals surface area contributed by atoms with Gasteiger partial charge in [0, 0.05) is 12.6 Å². The van der Waals surface area contributed by atoms with Gasteiger partial charge in [-0.05, 0) is 38.6 Å². The average molecular weight is 237 g/mol. The second-order valence-corrected chi connectivity index (χ2v) is 5.22. The summed E-state index contributed by atoms with van der Waals surface area (Å²) in [6.07, 6.45) is 4.67. The Bertz CT molecular complexity index is 345. The minimum atomic E-state index is -0.213. The maximum atomic E-state index is 12.3. The third-order valence-corrected chi connectivity index (χ3v) is 4.19. The fraction of sp³-hybridized carbons (Fsp3) is 0.833. The van der Waals surface area contributed by atoms with Crippen LogP contribution in [0.4, 0.5) is 0 Å². The maximum Gasteiger partial charge on any atom is 0.242 e. The van der Waals surface area contributed by atoms with E-state index in [9.17, 15) is 9.59 Å². The third kappa shape index (κ3) is 1.82. The van der Waals surface area contributed by atoms with Crippen molar-refractivity contribution in [3.05, 3.63) is 0 Å². The predicted molar refractivity (Wildman–Crippen MR) is 62.3 cm³/mol. The molecule has 5 nitrogen and oxygen atoms in total. The molecule has 2 amide bonds. The molecule has 0 aromatic carbocycles. The summed E-state index contributed by atoms with van der Waals surface area (Å²) in [5.41, 5.74) is 0. The van der Waals surface area contributed by atoms with Gasteiger partial charge in [-0.1, -0.05) is 0 Å². The Balaban J connectivity index is 1.87. The number of rotatable bonds is 0. The number of hydrogen-bond acceptors (Lipinski definition) is 3. The monoisotopic (exact) mass is 237 g/mol. The van der Waals surface area contributed by atoms with Gasteiger partial charge in [0.15, 0.2) is 0 Å². The zero-order valence-electron chi connectivity index (χ0n) is 9.95. The minimum Gasteiger partial charge on any atom is -0.354 e. The molecule has 3 rings (SSSR count). The highest BCUT2D eigenvalue weighted by Gasteiger charge is 2.45. The molecule has 0 saturated carbocycles. The summed E-state index contributed by atoms with van der Waals surface area (Å²) in [6, 6.07) is 0.0312. The number of amides is 2. The Morgan fingerprint density at radius 1 is 1.06 bits per heavy atom. The van der Waals surface area contributed by atoms with E-state index >= 15 is 0 Å². The molecule has 3 heterocycles. The van der Waals surface area contributed by atoms with Gasteiger partial charge in [-0.15, -0.1) is 0 Å². The number of hydrogen-bond donors (Lipinski definition) is 2. The van der Waals surface area contributed by atoms with Gasteiger partial charge < -0.3 is 15.5 Å². The fourth-order valence-corrected chi connectivity index (χ4v) is 3.30. The van der Waals surface area contributed by atoms with Crippen LogP contribution in [-0.4, -0.2) is 47.9 Å². The van der Waals surface area contributed by atoms with E-state index in [-0.39, 0.29) is 23.9 Å². The van der Waals surface area contributed by atoms with Gasteiger partial charge in [-0.3, -0.25) is 9.59 Å². The van der Waals surface area contributed by atoms with Crippen LogP contribution in [0.2, 0.25) is 0 Å². The summed E-state index contributed by atoms with van der Waals surface area (Å²) < 4.78 is 0. The van der Waals surface area contributed by atoms with Crippen molar-refractivity contribution in [3.8, 4) is 0 Å². The van der Waals surface area contributed by atoms with Gasteiger partial charge >= 0.3 is 0 Å². The molecule has 2 bridgehead atoms. The van der Waals surface area contributed by atoms with Crippen LogP contribution in [-0.2, 0) is 9.59 Å². The van der Waals surface area contributed by atoms with E-state index in [1.165, 1.54) is 0 Å². The standard InChI is InChI=1S/C12H19N3O2/c16-11-10-5-3-8-2-4-9(12(17)15(8)10)13-6-1-7-14-11/h8-10,13H,1-7H2,(H,14,16)/t8?,9?,10-/m0/s1. The molecule has 5 heteroatoms. The summed E-state index contributed by atoms with van der Waals surface area (Å²) in [6.45, 7) is 1.52. The van der Waals surface area contributed by atoms with Gasteiger partial charge in [-0.25, -0.2) is 0 Å². The summed E-state index contributed by atoms with van der Waals surface area (Å²) in [5.74, 6) is 0.184. The largest absolute Gasteiger partial charge is 0.354 e. The number of carbonyl (C=O) groups excluding carboxylic acids is 2. The van der Waals surface area contributed by atoms with E-state index in [4.69, 9.17) is 0 Å². The summed E-state index contributed by atoms with van der Waals surface area (Å²) in [7, 11) is 0. The topological polar surface area (TPSA) is 61.4 Å². The van der Waals surface area contributed by atoms with Crippen molar-refractivity contribution in [1.29, 1.82) is 0 Å². The normalized spacial score (nSPS) is 37.9. The first kappa shape index (κ1) is 11.0. The average Bonchev–Trinajstić information content (AvgIpc) is 2.75. The lowest BCUT2D eigenvalue weighted by Crippen LogP contribution is -2.59. The lowest BCUT2D eigenvalue weighted by atomic mass is 9.98. The molecule has 2 unspecified atom stereocenters. The molecule has 17 heavy (non-hydrogen) atoms. The van der Waals surface area contributed by atoms with E-state index in [2.05, 4.69) is 10.6 Å². The number of nitrogens with zero attached hydrogens (tertiary/aromatic N) is 1. The van der Waals surface area contributed by atoms with Gasteiger partial charge in [0.05, 0.1) is 6.04 Å². The SMILES string of the molecule is O=C1NCCCNC2CCC3CC[C@@H]1N3C2=O. The van der Waals surface area contributed by atoms with E-state index in [1.807, 2.05) is 4.90 Å². The van der Waals surface area contributed by atoms with Crippen LogP contribution < -0.4 is 10.6 Å². The Morgan fingerprint density at radius 2 is 1.88 bits per heavy atom. The zero-order valence-corrected chi connectivity index (χ0v) is 9.95. The Labute approximate surface area is 101 Å². The molecule has 0 aliphatic carbocycles. The predicted octanol–water partition coefficient (Wildman–Crippen LogP) is -0.382. The van der Waals surface area contributed by atoms with E-state index in [1.54, 1.807) is 0 Å². The quantitative estimate of drug-likeness (QED) is 0.603. The molecule has 0 aromatic rings. The lowest BCUT2D eigenvalue weighted by Gasteiger charge is -2.38. The summed E-state index contributed by atoms with van der Waals surface area (Å²) in [4.78, 5) is 26.2. The molecule has 2 N–H and O–H groups in total. The Hall–Kier alpha value is -1.10. The van der Waals surface area contributed by atoms with Crippen LogP contribution >= 0.6 is 0 Å². The molecule has 0 radical (unpaired) electrons. The molecule has 3 aliphatic heterocycles. The van der Waals surface area contributed by atoms with E-state index in [0.717, 1.165) is 38.6 Å². The van der Waals surface area contributed by atoms with Crippen LogP contribution in [0.25, 0.3) is 0 Å². The second-order valence-electron chi connectivity index (χ2n) is 5.22. The van der Waals surface area contributed by atoms with E-state index < -0.39 is 0 Å². The van der Waals surface area contributed by atoms with Crippen molar-refractivity contribution in [2.45, 2.75) is 50.2 Å². The molecular weight excluding hydrogens is 218 g/mol. The first-order valence-electron chi connectivity index (χ1n) is 6.60. The lowest BCUT2D eigenvalue weighted by molar-refractivity contribution is -0.145. The van der Waals surface area contributed by atoms with Crippen LogP contribution in [0.5, 0.6) is 0 Å². The van der Waals surface area contributed by atoms with Crippen molar-refractivity contribution in [3.63, 3.8) is 0 Å². The molecule has 3 saturated heterocycles. The first-order chi connectivity index (χ1) is 8.27. The first-order valence-corrected chi connectivity index (χ1v) is 6.60. The minimum absolute atomic E-state index is 0.0448. The van der Waals surface area contributed by atoms with Crippen molar-refractivity contribution < 1.29 is 9.59 Å². The van der Waals surface area contributed by atoms with Crippen molar-refractivity contribution in [1.82, 2.24) is 15.5 Å². The fourth-order valence-electron chi connectivity index (χ4n) is 3.30. The van der Waals surface area contributed by atoms with Crippen molar-refractivity contribution in [2.75, 3.05) is 13.1 Å². The van der Waals surface area contributed by atoms with Gasteiger partial charge in [-0.2, -0.15) is 0 Å². The molecule has 0 spiro atoms. The maximum absolute atomic E-state index is 12.3. The Kier molecular flexibility index (Phi) is 2.78. The number of nitrogens with one attached hydrogen (secondary N) is 2. The molecule has 3 aliphatic rings. The van der Waals surface area contributed by atoms with Crippen LogP contribution in [0.3, 0.4) is 0 Å². The van der Waals surface area contributed by atoms with Crippen LogP contribution in [0.1, 0.15) is 32.1 Å². The second kappa shape index (κ2) is 4.29. The van der Waals surface area contributed by atoms with Crippen LogP contribution in [0.15, 0.2) is 0 Å². The number of carbonyl (C=O) groups is 2. The smallest absolute Gasteiger partial charge is 0.242 e. The summed E-state index contributed by atoms with van der Waals surface area (Å²) >= 11 is 0. The summed E-state index contributed by atoms with van der Waals surface area (Å²) in [5, 5.41) is 6.24. The third-order valence-electron chi connectivity index (χ3n) is 4.19. The van der Waals surface area contributed by atoms with Crippen molar-refractivity contribution >= 4 is 11.8 Å². The molecule has 3 fully saturated rings. The van der Waals surface area contributed by atoms with Gasteiger partial charge in [0.2, 0.25) is 11.8 Å². The Morgan fingerprint density at radius 3 is 2.76 bits per heavy atom. The van der Waals surface area contributed by atoms with Crippen molar-refractivity contribution in [2.24, 2.45) is 0 Å². The molecule has 94 valence electrons. The van der Waals surface area contributed by atoms with E-state index in [0.29, 0.717) is 12.6 Å². The highest BCUT2D eigenvalue weighted by Crippen LogP contribution is 2.32. The molecular formula is C12H19N3O2. The zero-order chi connectivity index (χ0) is 11.8.